The lowest BCUT2D eigenvalue weighted by molar-refractivity contribution is 0.660. The summed E-state index contributed by atoms with van der Waals surface area (Å²) in [5.41, 5.74) is 17.5. The summed E-state index contributed by atoms with van der Waals surface area (Å²) >= 11 is 0. The van der Waals surface area contributed by atoms with E-state index in [0.29, 0.717) is 5.82 Å². The van der Waals surface area contributed by atoms with Crippen molar-refractivity contribution in [1.82, 2.24) is 19.6 Å². The summed E-state index contributed by atoms with van der Waals surface area (Å²) in [5, 5.41) is 7.78. The molecule has 0 saturated carbocycles. The van der Waals surface area contributed by atoms with Gasteiger partial charge >= 0.3 is 0 Å². The molecule has 11 rings (SSSR count). The maximum absolute atomic E-state index is 5.44. The largest absolute Gasteiger partial charge is 0.231 e. The second-order valence-electron chi connectivity index (χ2n) is 15.7. The standard InChI is InChI=1S/C54H38N4/c1-54(2)45-25-15-14-24-43(45)44-31-30-41(32-46(44)54)48-34-47(55-53(56-48)39-20-10-5-11-21-39)35-26-28-38(29-27-35)51-50(37-18-8-4-9-19-37)52-42-23-13-12-22-40(42)33-49(58(52)57-51)36-16-6-3-7-17-36/h3-34H,1-2H3. The molecule has 10 aromatic rings. The molecule has 0 saturated heterocycles. The Morgan fingerprint density at radius 3 is 1.74 bits per heavy atom. The monoisotopic (exact) mass is 742 g/mol. The van der Waals surface area contributed by atoms with Crippen molar-refractivity contribution >= 4 is 16.3 Å². The predicted molar refractivity (Wildman–Crippen MR) is 238 cm³/mol. The Kier molecular flexibility index (Phi) is 7.80. The minimum Gasteiger partial charge on any atom is -0.231 e. The van der Waals surface area contributed by atoms with Crippen LogP contribution in [0.3, 0.4) is 0 Å². The number of aromatic nitrogens is 4. The Morgan fingerprint density at radius 2 is 1.00 bits per heavy atom. The van der Waals surface area contributed by atoms with Gasteiger partial charge in [-0.25, -0.2) is 14.5 Å². The second-order valence-corrected chi connectivity index (χ2v) is 15.7. The topological polar surface area (TPSA) is 43.1 Å². The molecule has 0 unspecified atom stereocenters. The summed E-state index contributed by atoms with van der Waals surface area (Å²) in [6.45, 7) is 4.64. The summed E-state index contributed by atoms with van der Waals surface area (Å²) < 4.78 is 2.14. The smallest absolute Gasteiger partial charge is 0.160 e. The van der Waals surface area contributed by atoms with Gasteiger partial charge in [0.15, 0.2) is 5.82 Å². The van der Waals surface area contributed by atoms with Gasteiger partial charge in [0.05, 0.1) is 22.6 Å². The molecule has 0 spiro atoms. The van der Waals surface area contributed by atoms with Crippen LogP contribution in [0.5, 0.6) is 0 Å². The van der Waals surface area contributed by atoms with Crippen molar-refractivity contribution < 1.29 is 0 Å². The Morgan fingerprint density at radius 1 is 0.431 bits per heavy atom. The molecular formula is C54H38N4. The van der Waals surface area contributed by atoms with Gasteiger partial charge < -0.3 is 0 Å². The highest BCUT2D eigenvalue weighted by Crippen LogP contribution is 2.49. The van der Waals surface area contributed by atoms with E-state index in [1.54, 1.807) is 0 Å². The van der Waals surface area contributed by atoms with Crippen molar-refractivity contribution in [3.8, 4) is 78.7 Å². The summed E-state index contributed by atoms with van der Waals surface area (Å²) in [4.78, 5) is 10.4. The predicted octanol–water partition coefficient (Wildman–Crippen LogP) is 13.6. The molecule has 7 aromatic carbocycles. The number of hydrogen-bond donors (Lipinski definition) is 0. The van der Waals surface area contributed by atoms with Gasteiger partial charge in [-0.05, 0) is 51.4 Å². The van der Waals surface area contributed by atoms with E-state index >= 15 is 0 Å². The molecule has 0 bridgehead atoms. The number of benzene rings is 7. The number of rotatable bonds is 6. The van der Waals surface area contributed by atoms with Crippen molar-refractivity contribution in [3.05, 3.63) is 205 Å². The number of fused-ring (bicyclic) bond motifs is 6. The van der Waals surface area contributed by atoms with Crippen molar-refractivity contribution in [3.63, 3.8) is 0 Å². The zero-order valence-corrected chi connectivity index (χ0v) is 32.3. The second kappa shape index (κ2) is 13.4. The first kappa shape index (κ1) is 33.9. The number of pyridine rings is 1. The molecule has 4 nitrogen and oxygen atoms in total. The summed E-state index contributed by atoms with van der Waals surface area (Å²) in [5.74, 6) is 0.701. The SMILES string of the molecule is CC1(C)c2ccccc2-c2ccc(-c3cc(-c4ccc(-c5nn6c(-c7ccccc7)cc7ccccc7c6c5-c5ccccc5)cc4)nc(-c4ccccc4)n3)cc21. The number of hydrogen-bond acceptors (Lipinski definition) is 3. The van der Waals surface area contributed by atoms with Gasteiger partial charge in [0.2, 0.25) is 0 Å². The fourth-order valence-electron chi connectivity index (χ4n) is 8.90. The van der Waals surface area contributed by atoms with Crippen LogP contribution in [0, 0.1) is 0 Å². The Bertz CT molecular complexity index is 3160. The van der Waals surface area contributed by atoms with E-state index in [0.717, 1.165) is 72.6 Å². The molecule has 1 aliphatic rings. The molecule has 3 aromatic heterocycles. The van der Waals surface area contributed by atoms with Crippen LogP contribution < -0.4 is 0 Å². The first-order chi connectivity index (χ1) is 28.5. The maximum Gasteiger partial charge on any atom is 0.160 e. The van der Waals surface area contributed by atoms with Crippen molar-refractivity contribution in [2.45, 2.75) is 19.3 Å². The van der Waals surface area contributed by atoms with Gasteiger partial charge in [-0.3, -0.25) is 0 Å². The minimum absolute atomic E-state index is 0.111. The minimum atomic E-state index is -0.111. The summed E-state index contributed by atoms with van der Waals surface area (Å²) in [7, 11) is 0. The lowest BCUT2D eigenvalue weighted by atomic mass is 9.82. The van der Waals surface area contributed by atoms with Crippen LogP contribution in [0.25, 0.3) is 95.0 Å². The molecular weight excluding hydrogens is 705 g/mol. The van der Waals surface area contributed by atoms with Crippen LogP contribution in [0.4, 0.5) is 0 Å². The highest BCUT2D eigenvalue weighted by Gasteiger charge is 2.35. The van der Waals surface area contributed by atoms with E-state index in [4.69, 9.17) is 15.1 Å². The molecule has 0 radical (unpaired) electrons. The van der Waals surface area contributed by atoms with E-state index in [9.17, 15) is 0 Å². The molecule has 1 aliphatic carbocycles. The Hall–Kier alpha value is -7.43. The van der Waals surface area contributed by atoms with E-state index < -0.39 is 0 Å². The first-order valence-corrected chi connectivity index (χ1v) is 19.9. The molecule has 274 valence electrons. The lowest BCUT2D eigenvalue weighted by Gasteiger charge is -2.22. The Balaban J connectivity index is 1.07. The summed E-state index contributed by atoms with van der Waals surface area (Å²) in [6.07, 6.45) is 0. The van der Waals surface area contributed by atoms with Gasteiger partial charge in [0, 0.05) is 44.2 Å². The van der Waals surface area contributed by atoms with Gasteiger partial charge in [-0.15, -0.1) is 0 Å². The van der Waals surface area contributed by atoms with E-state index in [1.165, 1.54) is 27.6 Å². The average Bonchev–Trinajstić information content (AvgIpc) is 3.80. The van der Waals surface area contributed by atoms with Crippen LogP contribution in [-0.2, 0) is 5.41 Å². The highest BCUT2D eigenvalue weighted by atomic mass is 15.2. The van der Waals surface area contributed by atoms with Crippen LogP contribution in [0.2, 0.25) is 0 Å². The molecule has 0 fully saturated rings. The third kappa shape index (κ3) is 5.48. The highest BCUT2D eigenvalue weighted by molar-refractivity contribution is 6.08. The average molecular weight is 743 g/mol. The summed E-state index contributed by atoms with van der Waals surface area (Å²) in [6, 6.07) is 68.8. The molecule has 58 heavy (non-hydrogen) atoms. The fraction of sp³-hybridized carbons (Fsp3) is 0.0556. The normalized spacial score (nSPS) is 12.8. The Labute approximate surface area is 337 Å². The fourth-order valence-corrected chi connectivity index (χ4v) is 8.90. The lowest BCUT2D eigenvalue weighted by Crippen LogP contribution is -2.14. The zero-order chi connectivity index (χ0) is 38.8. The van der Waals surface area contributed by atoms with Crippen LogP contribution in [0.15, 0.2) is 194 Å². The van der Waals surface area contributed by atoms with Gasteiger partial charge in [-0.1, -0.05) is 190 Å². The molecule has 0 aliphatic heterocycles. The molecule has 0 amide bonds. The van der Waals surface area contributed by atoms with Crippen molar-refractivity contribution in [2.75, 3.05) is 0 Å². The first-order valence-electron chi connectivity index (χ1n) is 19.9. The molecule has 3 heterocycles. The number of nitrogens with zero attached hydrogens (tertiary/aromatic N) is 4. The molecule has 4 heteroatoms. The third-order valence-corrected chi connectivity index (χ3v) is 11.8. The van der Waals surface area contributed by atoms with E-state index in [-0.39, 0.29) is 5.41 Å². The third-order valence-electron chi connectivity index (χ3n) is 11.8. The zero-order valence-electron chi connectivity index (χ0n) is 32.3. The van der Waals surface area contributed by atoms with Crippen LogP contribution >= 0.6 is 0 Å². The molecule has 0 N–H and O–H groups in total. The maximum atomic E-state index is 5.44. The van der Waals surface area contributed by atoms with Crippen LogP contribution in [0.1, 0.15) is 25.0 Å². The van der Waals surface area contributed by atoms with Crippen LogP contribution in [-0.4, -0.2) is 19.6 Å². The van der Waals surface area contributed by atoms with Gasteiger partial charge in [-0.2, -0.15) is 5.10 Å². The van der Waals surface area contributed by atoms with E-state index in [2.05, 4.69) is 194 Å². The van der Waals surface area contributed by atoms with Crippen molar-refractivity contribution in [2.24, 2.45) is 0 Å². The van der Waals surface area contributed by atoms with Crippen molar-refractivity contribution in [1.29, 1.82) is 0 Å². The quantitative estimate of drug-likeness (QED) is 0.170. The molecule has 0 atom stereocenters. The van der Waals surface area contributed by atoms with Gasteiger partial charge in [0.1, 0.15) is 5.69 Å². The van der Waals surface area contributed by atoms with E-state index in [1.807, 2.05) is 18.2 Å². The van der Waals surface area contributed by atoms with Gasteiger partial charge in [0.25, 0.3) is 0 Å².